The van der Waals surface area contributed by atoms with Crippen molar-refractivity contribution in [1.82, 2.24) is 9.62 Å². The summed E-state index contributed by atoms with van der Waals surface area (Å²) < 4.78 is 42.5. The van der Waals surface area contributed by atoms with Crippen LogP contribution in [0.1, 0.15) is 12.0 Å². The van der Waals surface area contributed by atoms with E-state index in [0.717, 1.165) is 39.3 Å². The summed E-state index contributed by atoms with van der Waals surface area (Å²) in [6.45, 7) is 5.96. The Morgan fingerprint density at radius 2 is 2.04 bits per heavy atom. The first kappa shape index (κ1) is 20.6. The molecular weight excluding hydrogens is 360 g/mol. The van der Waals surface area contributed by atoms with Crippen LogP contribution in [-0.4, -0.2) is 72.4 Å². The fourth-order valence-electron chi connectivity index (χ4n) is 2.56. The predicted molar refractivity (Wildman–Crippen MR) is 95.8 cm³/mol. The maximum atomic E-state index is 12.4. The molecular formula is C17H26N2O6S. The Kier molecular flexibility index (Phi) is 7.83. The number of aryl methyl sites for hydroxylation is 1. The molecule has 0 radical (unpaired) electrons. The largest absolute Gasteiger partial charge is 0.482 e. The van der Waals surface area contributed by atoms with Crippen molar-refractivity contribution in [3.05, 3.63) is 23.8 Å². The Morgan fingerprint density at radius 1 is 1.31 bits per heavy atom. The fourth-order valence-corrected chi connectivity index (χ4v) is 3.72. The zero-order chi connectivity index (χ0) is 19.0. The van der Waals surface area contributed by atoms with E-state index in [9.17, 15) is 13.2 Å². The summed E-state index contributed by atoms with van der Waals surface area (Å²) in [5.74, 6) is -0.0512. The Bertz CT molecular complexity index is 701. The number of ether oxygens (including phenoxy) is 3. The molecule has 0 aromatic heterocycles. The van der Waals surface area contributed by atoms with Gasteiger partial charge in [-0.15, -0.1) is 0 Å². The number of carbonyl (C=O) groups is 1. The average Bonchev–Trinajstić information content (AvgIpc) is 2.64. The maximum absolute atomic E-state index is 12.4. The monoisotopic (exact) mass is 386 g/mol. The van der Waals surface area contributed by atoms with Crippen LogP contribution in [0.3, 0.4) is 0 Å². The molecule has 1 aromatic rings. The minimum atomic E-state index is -3.58. The molecule has 0 aliphatic carbocycles. The molecule has 26 heavy (non-hydrogen) atoms. The van der Waals surface area contributed by atoms with Gasteiger partial charge >= 0.3 is 5.97 Å². The van der Waals surface area contributed by atoms with Crippen molar-refractivity contribution >= 4 is 16.0 Å². The number of rotatable bonds is 9. The van der Waals surface area contributed by atoms with Crippen molar-refractivity contribution in [3.63, 3.8) is 0 Å². The van der Waals surface area contributed by atoms with Gasteiger partial charge in [0.15, 0.2) is 6.61 Å². The molecule has 2 rings (SSSR count). The standard InChI is InChI=1S/C17H26N2O6S/c1-14-12-15(4-5-16(14)25-13-17(20)23-2)26(21,22)18-6-3-7-19-8-10-24-11-9-19/h4-5,12,18H,3,6-11,13H2,1-2H3. The second-order valence-electron chi connectivity index (χ2n) is 6.00. The van der Waals surface area contributed by atoms with E-state index in [-0.39, 0.29) is 11.5 Å². The molecule has 0 saturated carbocycles. The molecule has 0 atom stereocenters. The highest BCUT2D eigenvalue weighted by atomic mass is 32.2. The summed E-state index contributed by atoms with van der Waals surface area (Å²) in [5, 5.41) is 0. The second kappa shape index (κ2) is 9.86. The van der Waals surface area contributed by atoms with Crippen LogP contribution < -0.4 is 9.46 Å². The van der Waals surface area contributed by atoms with E-state index in [0.29, 0.717) is 17.9 Å². The minimum absolute atomic E-state index is 0.173. The number of nitrogens with one attached hydrogen (secondary N) is 1. The summed E-state index contributed by atoms with van der Waals surface area (Å²) in [4.78, 5) is 13.6. The first-order chi connectivity index (χ1) is 12.4. The third-order valence-electron chi connectivity index (χ3n) is 4.08. The zero-order valence-corrected chi connectivity index (χ0v) is 16.0. The normalized spacial score (nSPS) is 15.6. The van der Waals surface area contributed by atoms with Crippen LogP contribution in [0.2, 0.25) is 0 Å². The molecule has 146 valence electrons. The van der Waals surface area contributed by atoms with Gasteiger partial charge in [0, 0.05) is 19.6 Å². The topological polar surface area (TPSA) is 94.2 Å². The van der Waals surface area contributed by atoms with Crippen molar-refractivity contribution in [2.45, 2.75) is 18.2 Å². The number of morpholine rings is 1. The lowest BCUT2D eigenvalue weighted by Gasteiger charge is -2.26. The van der Waals surface area contributed by atoms with Gasteiger partial charge in [-0.1, -0.05) is 0 Å². The van der Waals surface area contributed by atoms with Crippen LogP contribution >= 0.6 is 0 Å². The molecule has 0 bridgehead atoms. The molecule has 0 amide bonds. The average molecular weight is 386 g/mol. The van der Waals surface area contributed by atoms with Crippen molar-refractivity contribution in [1.29, 1.82) is 0 Å². The third kappa shape index (κ3) is 6.24. The Labute approximate surface area is 154 Å². The lowest BCUT2D eigenvalue weighted by atomic mass is 10.2. The second-order valence-corrected chi connectivity index (χ2v) is 7.76. The molecule has 1 N–H and O–H groups in total. The highest BCUT2D eigenvalue weighted by Gasteiger charge is 2.16. The lowest BCUT2D eigenvalue weighted by molar-refractivity contribution is -0.142. The van der Waals surface area contributed by atoms with Crippen molar-refractivity contribution in [2.24, 2.45) is 0 Å². The van der Waals surface area contributed by atoms with Gasteiger partial charge in [-0.2, -0.15) is 0 Å². The highest BCUT2D eigenvalue weighted by molar-refractivity contribution is 7.89. The van der Waals surface area contributed by atoms with E-state index in [1.807, 2.05) is 0 Å². The number of esters is 1. The number of carbonyl (C=O) groups excluding carboxylic acids is 1. The quantitative estimate of drug-likeness (QED) is 0.489. The van der Waals surface area contributed by atoms with E-state index in [2.05, 4.69) is 14.4 Å². The van der Waals surface area contributed by atoms with E-state index in [1.165, 1.54) is 19.2 Å². The maximum Gasteiger partial charge on any atom is 0.343 e. The molecule has 1 aliphatic heterocycles. The van der Waals surface area contributed by atoms with Crippen molar-refractivity contribution < 1.29 is 27.4 Å². The SMILES string of the molecule is COC(=O)COc1ccc(S(=O)(=O)NCCCN2CCOCC2)cc1C. The van der Waals surface area contributed by atoms with Gasteiger partial charge in [0.25, 0.3) is 0 Å². The molecule has 1 aliphatic rings. The molecule has 9 heteroatoms. The predicted octanol–water partition coefficient (Wildman–Crippen LogP) is 0.547. The van der Waals surface area contributed by atoms with Gasteiger partial charge in [-0.05, 0) is 43.7 Å². The number of hydrogen-bond acceptors (Lipinski definition) is 7. The fraction of sp³-hybridized carbons (Fsp3) is 0.588. The number of sulfonamides is 1. The summed E-state index contributed by atoms with van der Waals surface area (Å²) in [7, 11) is -2.30. The van der Waals surface area contributed by atoms with Crippen LogP contribution in [0.15, 0.2) is 23.1 Å². The highest BCUT2D eigenvalue weighted by Crippen LogP contribution is 2.21. The van der Waals surface area contributed by atoms with Gasteiger partial charge in [0.2, 0.25) is 10.0 Å². The number of methoxy groups -OCH3 is 1. The van der Waals surface area contributed by atoms with Crippen LogP contribution in [0, 0.1) is 6.92 Å². The number of benzene rings is 1. The number of nitrogens with zero attached hydrogens (tertiary/aromatic N) is 1. The molecule has 1 aromatic carbocycles. The first-order valence-corrected chi connectivity index (χ1v) is 10.0. The Morgan fingerprint density at radius 3 is 2.69 bits per heavy atom. The molecule has 0 unspecified atom stereocenters. The van der Waals surface area contributed by atoms with E-state index < -0.39 is 16.0 Å². The summed E-state index contributed by atoms with van der Waals surface area (Å²) in [5.41, 5.74) is 0.630. The van der Waals surface area contributed by atoms with Gasteiger partial charge in [-0.25, -0.2) is 17.9 Å². The Balaban J connectivity index is 1.85. The molecule has 1 saturated heterocycles. The van der Waals surface area contributed by atoms with Gasteiger partial charge in [0.05, 0.1) is 25.2 Å². The minimum Gasteiger partial charge on any atom is -0.482 e. The molecule has 1 heterocycles. The third-order valence-corrected chi connectivity index (χ3v) is 5.54. The zero-order valence-electron chi connectivity index (χ0n) is 15.2. The van der Waals surface area contributed by atoms with Gasteiger partial charge in [0.1, 0.15) is 5.75 Å². The molecule has 1 fully saturated rings. The summed E-state index contributed by atoms with van der Waals surface area (Å²) in [6, 6.07) is 4.53. The van der Waals surface area contributed by atoms with Crippen LogP contribution in [0.5, 0.6) is 5.75 Å². The first-order valence-electron chi connectivity index (χ1n) is 8.52. The van der Waals surface area contributed by atoms with Crippen molar-refractivity contribution in [2.75, 3.05) is 53.1 Å². The van der Waals surface area contributed by atoms with Crippen LogP contribution in [0.25, 0.3) is 0 Å². The summed E-state index contributed by atoms with van der Waals surface area (Å²) in [6.07, 6.45) is 0.735. The lowest BCUT2D eigenvalue weighted by Crippen LogP contribution is -2.38. The van der Waals surface area contributed by atoms with Crippen LogP contribution in [0.4, 0.5) is 0 Å². The summed E-state index contributed by atoms with van der Waals surface area (Å²) >= 11 is 0. The van der Waals surface area contributed by atoms with Crippen molar-refractivity contribution in [3.8, 4) is 5.75 Å². The van der Waals surface area contributed by atoms with Crippen LogP contribution in [-0.2, 0) is 24.3 Å². The van der Waals surface area contributed by atoms with Gasteiger partial charge < -0.3 is 14.2 Å². The smallest absolute Gasteiger partial charge is 0.343 e. The molecule has 0 spiro atoms. The Hall–Kier alpha value is -1.68. The van der Waals surface area contributed by atoms with E-state index in [1.54, 1.807) is 13.0 Å². The van der Waals surface area contributed by atoms with E-state index >= 15 is 0 Å². The molecule has 8 nitrogen and oxygen atoms in total. The van der Waals surface area contributed by atoms with E-state index in [4.69, 9.17) is 9.47 Å². The van der Waals surface area contributed by atoms with Gasteiger partial charge in [-0.3, -0.25) is 4.90 Å². The number of hydrogen-bond donors (Lipinski definition) is 1.